The van der Waals surface area contributed by atoms with Crippen LogP contribution in [-0.2, 0) is 5.60 Å². The van der Waals surface area contributed by atoms with Gasteiger partial charge in [0.2, 0.25) is 0 Å². The van der Waals surface area contributed by atoms with Gasteiger partial charge in [0.1, 0.15) is 0 Å². The second kappa shape index (κ2) is 3.58. The van der Waals surface area contributed by atoms with Crippen LogP contribution in [0.15, 0.2) is 12.1 Å². The van der Waals surface area contributed by atoms with Crippen LogP contribution in [0.4, 0.5) is 4.39 Å². The number of ether oxygens (including phenoxy) is 1. The van der Waals surface area contributed by atoms with Gasteiger partial charge < -0.3 is 9.84 Å². The molecule has 0 aliphatic rings. The zero-order valence-electron chi connectivity index (χ0n) is 8.89. The Labute approximate surface area is 83.3 Å². The van der Waals surface area contributed by atoms with E-state index in [1.807, 2.05) is 0 Å². The van der Waals surface area contributed by atoms with Crippen molar-refractivity contribution in [1.82, 2.24) is 0 Å². The molecule has 0 fully saturated rings. The molecule has 1 aromatic carbocycles. The van der Waals surface area contributed by atoms with E-state index in [4.69, 9.17) is 4.74 Å². The van der Waals surface area contributed by atoms with Gasteiger partial charge in [0.05, 0.1) is 12.7 Å². The zero-order valence-corrected chi connectivity index (χ0v) is 8.89. The van der Waals surface area contributed by atoms with E-state index in [0.29, 0.717) is 11.1 Å². The van der Waals surface area contributed by atoms with Crippen molar-refractivity contribution in [3.63, 3.8) is 0 Å². The van der Waals surface area contributed by atoms with Gasteiger partial charge in [-0.2, -0.15) is 0 Å². The Bertz CT molecular complexity index is 317. The third-order valence-corrected chi connectivity index (χ3v) is 2.14. The third-order valence-electron chi connectivity index (χ3n) is 2.14. The Morgan fingerprint density at radius 3 is 2.29 bits per heavy atom. The fourth-order valence-corrected chi connectivity index (χ4v) is 1.34. The first kappa shape index (κ1) is 11.0. The Balaban J connectivity index is 3.28. The van der Waals surface area contributed by atoms with Gasteiger partial charge in [-0.15, -0.1) is 0 Å². The average Bonchev–Trinajstić information content (AvgIpc) is 2.01. The smallest absolute Gasteiger partial charge is 0.165 e. The SMILES string of the molecule is COc1c(C)cc(C(C)(C)O)cc1F. The molecule has 0 unspecified atom stereocenters. The Hall–Kier alpha value is -1.09. The minimum Gasteiger partial charge on any atom is -0.493 e. The number of hydrogen-bond acceptors (Lipinski definition) is 2. The molecule has 0 aromatic heterocycles. The second-order valence-electron chi connectivity index (χ2n) is 3.87. The summed E-state index contributed by atoms with van der Waals surface area (Å²) >= 11 is 0. The normalized spacial score (nSPS) is 11.6. The summed E-state index contributed by atoms with van der Waals surface area (Å²) < 4.78 is 18.3. The summed E-state index contributed by atoms with van der Waals surface area (Å²) in [6.07, 6.45) is 0. The molecule has 1 rings (SSSR count). The van der Waals surface area contributed by atoms with Crippen molar-refractivity contribution in [2.24, 2.45) is 0 Å². The summed E-state index contributed by atoms with van der Waals surface area (Å²) in [6.45, 7) is 4.98. The van der Waals surface area contributed by atoms with Crippen molar-refractivity contribution in [3.05, 3.63) is 29.1 Å². The fourth-order valence-electron chi connectivity index (χ4n) is 1.34. The largest absolute Gasteiger partial charge is 0.493 e. The van der Waals surface area contributed by atoms with Crippen LogP contribution >= 0.6 is 0 Å². The van der Waals surface area contributed by atoms with E-state index in [1.165, 1.54) is 13.2 Å². The van der Waals surface area contributed by atoms with Crippen molar-refractivity contribution in [1.29, 1.82) is 0 Å². The molecule has 0 aliphatic heterocycles. The lowest BCUT2D eigenvalue weighted by Gasteiger charge is -2.19. The lowest BCUT2D eigenvalue weighted by Crippen LogP contribution is -2.16. The van der Waals surface area contributed by atoms with Crippen molar-refractivity contribution < 1.29 is 14.2 Å². The molecule has 14 heavy (non-hydrogen) atoms. The van der Waals surface area contributed by atoms with Crippen LogP contribution < -0.4 is 4.74 Å². The number of hydrogen-bond donors (Lipinski definition) is 1. The zero-order chi connectivity index (χ0) is 10.9. The topological polar surface area (TPSA) is 29.5 Å². The maximum atomic E-state index is 13.4. The van der Waals surface area contributed by atoms with E-state index < -0.39 is 11.4 Å². The van der Waals surface area contributed by atoms with Crippen LogP contribution in [0.25, 0.3) is 0 Å². The molecule has 0 saturated heterocycles. The fraction of sp³-hybridized carbons (Fsp3) is 0.455. The number of aryl methyl sites for hydroxylation is 1. The minimum absolute atomic E-state index is 0.234. The number of benzene rings is 1. The number of rotatable bonds is 2. The lowest BCUT2D eigenvalue weighted by molar-refractivity contribution is 0.0780. The van der Waals surface area contributed by atoms with Crippen molar-refractivity contribution in [2.45, 2.75) is 26.4 Å². The van der Waals surface area contributed by atoms with Gasteiger partial charge >= 0.3 is 0 Å². The van der Waals surface area contributed by atoms with Gasteiger partial charge in [0.25, 0.3) is 0 Å². The summed E-state index contributed by atoms with van der Waals surface area (Å²) in [6, 6.07) is 3.02. The van der Waals surface area contributed by atoms with Gasteiger partial charge in [0.15, 0.2) is 11.6 Å². The van der Waals surface area contributed by atoms with Crippen molar-refractivity contribution in [2.75, 3.05) is 7.11 Å². The molecule has 0 heterocycles. The molecule has 0 bridgehead atoms. The summed E-state index contributed by atoms with van der Waals surface area (Å²) in [5.41, 5.74) is 0.204. The highest BCUT2D eigenvalue weighted by Gasteiger charge is 2.19. The molecule has 3 heteroatoms. The molecule has 2 nitrogen and oxygen atoms in total. The first-order valence-corrected chi connectivity index (χ1v) is 4.43. The third kappa shape index (κ3) is 2.04. The monoisotopic (exact) mass is 198 g/mol. The summed E-state index contributed by atoms with van der Waals surface area (Å²) in [5.74, 6) is -0.206. The van der Waals surface area contributed by atoms with Crippen LogP contribution in [0.5, 0.6) is 5.75 Å². The lowest BCUT2D eigenvalue weighted by atomic mass is 9.96. The second-order valence-corrected chi connectivity index (χ2v) is 3.87. The molecule has 0 atom stereocenters. The predicted molar refractivity (Wildman–Crippen MR) is 52.9 cm³/mol. The quantitative estimate of drug-likeness (QED) is 0.790. The van der Waals surface area contributed by atoms with Crippen LogP contribution in [0.1, 0.15) is 25.0 Å². The van der Waals surface area contributed by atoms with E-state index in [2.05, 4.69) is 0 Å². The Morgan fingerprint density at radius 1 is 1.36 bits per heavy atom. The van der Waals surface area contributed by atoms with Crippen molar-refractivity contribution in [3.8, 4) is 5.75 Å². The van der Waals surface area contributed by atoms with E-state index in [0.717, 1.165) is 0 Å². The molecule has 1 aromatic rings. The van der Waals surface area contributed by atoms with Gasteiger partial charge in [-0.05, 0) is 44.0 Å². The maximum Gasteiger partial charge on any atom is 0.165 e. The summed E-state index contributed by atoms with van der Waals surface area (Å²) in [4.78, 5) is 0. The van der Waals surface area contributed by atoms with Gasteiger partial charge in [0, 0.05) is 0 Å². The molecule has 0 amide bonds. The molecular weight excluding hydrogens is 183 g/mol. The predicted octanol–water partition coefficient (Wildman–Crippen LogP) is 2.37. The van der Waals surface area contributed by atoms with Crippen LogP contribution in [-0.4, -0.2) is 12.2 Å². The minimum atomic E-state index is -1.03. The van der Waals surface area contributed by atoms with Crippen LogP contribution in [0.3, 0.4) is 0 Å². The molecule has 1 N–H and O–H groups in total. The average molecular weight is 198 g/mol. The van der Waals surface area contributed by atoms with Crippen LogP contribution in [0, 0.1) is 12.7 Å². The molecule has 0 radical (unpaired) electrons. The maximum absolute atomic E-state index is 13.4. The van der Waals surface area contributed by atoms with Gasteiger partial charge in [-0.3, -0.25) is 0 Å². The van der Waals surface area contributed by atoms with E-state index in [1.54, 1.807) is 26.8 Å². The van der Waals surface area contributed by atoms with Gasteiger partial charge in [-0.25, -0.2) is 4.39 Å². The van der Waals surface area contributed by atoms with E-state index >= 15 is 0 Å². The number of methoxy groups -OCH3 is 1. The number of aliphatic hydroxyl groups is 1. The highest BCUT2D eigenvalue weighted by atomic mass is 19.1. The molecule has 0 saturated carbocycles. The first-order chi connectivity index (χ1) is 6.36. The Morgan fingerprint density at radius 2 is 1.93 bits per heavy atom. The highest BCUT2D eigenvalue weighted by Crippen LogP contribution is 2.28. The first-order valence-electron chi connectivity index (χ1n) is 4.43. The molecule has 0 aliphatic carbocycles. The van der Waals surface area contributed by atoms with Crippen molar-refractivity contribution >= 4 is 0 Å². The number of halogens is 1. The molecular formula is C11H15FO2. The molecule has 78 valence electrons. The molecule has 0 spiro atoms. The Kier molecular flexibility index (Phi) is 2.81. The standard InChI is InChI=1S/C11H15FO2/c1-7-5-8(11(2,3)13)6-9(12)10(7)14-4/h5-6,13H,1-4H3. The van der Waals surface area contributed by atoms with Crippen LogP contribution in [0.2, 0.25) is 0 Å². The summed E-state index contributed by atoms with van der Waals surface area (Å²) in [7, 11) is 1.43. The van der Waals surface area contributed by atoms with E-state index in [9.17, 15) is 9.50 Å². The summed E-state index contributed by atoms with van der Waals surface area (Å²) in [5, 5.41) is 9.69. The van der Waals surface area contributed by atoms with Gasteiger partial charge in [-0.1, -0.05) is 0 Å². The highest BCUT2D eigenvalue weighted by molar-refractivity contribution is 5.39. The van der Waals surface area contributed by atoms with E-state index in [-0.39, 0.29) is 5.75 Å².